The van der Waals surface area contributed by atoms with Gasteiger partial charge in [0.25, 0.3) is 0 Å². The first-order valence-corrected chi connectivity index (χ1v) is 6.00. The normalized spacial score (nSPS) is 11.9. The number of methoxy groups -OCH3 is 1. The lowest BCUT2D eigenvalue weighted by atomic mass is 10.1. The molecule has 2 rings (SSSR count). The van der Waals surface area contributed by atoms with Crippen LogP contribution in [0.1, 0.15) is 18.5 Å². The van der Waals surface area contributed by atoms with E-state index < -0.39 is 0 Å². The van der Waals surface area contributed by atoms with Crippen molar-refractivity contribution < 1.29 is 14.2 Å². The molecular formula is C15H16FNO2. The third-order valence-electron chi connectivity index (χ3n) is 2.95. The van der Waals surface area contributed by atoms with E-state index in [2.05, 4.69) is 5.32 Å². The molecule has 2 aromatic carbocycles. The summed E-state index contributed by atoms with van der Waals surface area (Å²) in [6, 6.07) is 11.3. The first-order chi connectivity index (χ1) is 9.11. The summed E-state index contributed by atoms with van der Waals surface area (Å²) in [5.74, 6) is 0.386. The van der Waals surface area contributed by atoms with Crippen molar-refractivity contribution in [2.24, 2.45) is 0 Å². The first kappa shape index (κ1) is 13.2. The monoisotopic (exact) mass is 261 g/mol. The number of para-hydroxylation sites is 1. The molecule has 2 N–H and O–H groups in total. The topological polar surface area (TPSA) is 41.5 Å². The number of halogens is 1. The average molecular weight is 261 g/mol. The highest BCUT2D eigenvalue weighted by Gasteiger charge is 2.12. The summed E-state index contributed by atoms with van der Waals surface area (Å²) < 4.78 is 18.6. The standard InChI is InChI=1S/C15H16FNO2/c1-10(17-14-6-4-3-5-13(14)16)12-8-7-11(19-2)9-15(12)18/h3-10,17-18H,1-2H3. The number of anilines is 1. The summed E-state index contributed by atoms with van der Waals surface area (Å²) in [6.07, 6.45) is 0. The summed E-state index contributed by atoms with van der Waals surface area (Å²) >= 11 is 0. The van der Waals surface area contributed by atoms with E-state index in [1.54, 1.807) is 30.3 Å². The van der Waals surface area contributed by atoms with Crippen LogP contribution in [0.25, 0.3) is 0 Å². The first-order valence-electron chi connectivity index (χ1n) is 6.00. The Hall–Kier alpha value is -2.23. The molecule has 0 aliphatic carbocycles. The maximum Gasteiger partial charge on any atom is 0.146 e. The molecule has 19 heavy (non-hydrogen) atoms. The van der Waals surface area contributed by atoms with Crippen LogP contribution >= 0.6 is 0 Å². The van der Waals surface area contributed by atoms with E-state index in [1.165, 1.54) is 19.2 Å². The van der Waals surface area contributed by atoms with Gasteiger partial charge in [-0.1, -0.05) is 12.1 Å². The molecule has 0 heterocycles. The van der Waals surface area contributed by atoms with Gasteiger partial charge in [-0.2, -0.15) is 0 Å². The van der Waals surface area contributed by atoms with E-state index in [-0.39, 0.29) is 17.6 Å². The quantitative estimate of drug-likeness (QED) is 0.881. The number of phenolic OH excluding ortho intramolecular Hbond substituents is 1. The lowest BCUT2D eigenvalue weighted by Gasteiger charge is -2.17. The van der Waals surface area contributed by atoms with E-state index >= 15 is 0 Å². The minimum Gasteiger partial charge on any atom is -0.507 e. The van der Waals surface area contributed by atoms with Crippen LogP contribution in [-0.4, -0.2) is 12.2 Å². The Kier molecular flexibility index (Phi) is 3.90. The fourth-order valence-electron chi connectivity index (χ4n) is 1.91. The van der Waals surface area contributed by atoms with Gasteiger partial charge in [0.2, 0.25) is 0 Å². The Morgan fingerprint density at radius 3 is 2.58 bits per heavy atom. The van der Waals surface area contributed by atoms with Crippen molar-refractivity contribution in [1.82, 2.24) is 0 Å². The smallest absolute Gasteiger partial charge is 0.146 e. The molecule has 0 spiro atoms. The Balaban J connectivity index is 2.21. The van der Waals surface area contributed by atoms with Gasteiger partial charge in [-0.3, -0.25) is 0 Å². The van der Waals surface area contributed by atoms with Crippen LogP contribution in [0.2, 0.25) is 0 Å². The Morgan fingerprint density at radius 1 is 1.21 bits per heavy atom. The van der Waals surface area contributed by atoms with Gasteiger partial charge in [0, 0.05) is 11.6 Å². The second kappa shape index (κ2) is 5.61. The minimum absolute atomic E-state index is 0.121. The number of benzene rings is 2. The lowest BCUT2D eigenvalue weighted by molar-refractivity contribution is 0.406. The molecule has 0 saturated carbocycles. The van der Waals surface area contributed by atoms with Crippen molar-refractivity contribution in [1.29, 1.82) is 0 Å². The number of ether oxygens (including phenoxy) is 1. The highest BCUT2D eigenvalue weighted by molar-refractivity contribution is 5.49. The molecule has 0 aromatic heterocycles. The number of hydrogen-bond donors (Lipinski definition) is 2. The van der Waals surface area contributed by atoms with Crippen LogP contribution < -0.4 is 10.1 Å². The Labute approximate surface area is 111 Å². The number of aromatic hydroxyl groups is 1. The molecule has 0 saturated heterocycles. The van der Waals surface area contributed by atoms with E-state index in [4.69, 9.17) is 4.74 Å². The summed E-state index contributed by atoms with van der Waals surface area (Å²) in [5, 5.41) is 13.0. The van der Waals surface area contributed by atoms with Crippen molar-refractivity contribution in [2.45, 2.75) is 13.0 Å². The van der Waals surface area contributed by atoms with E-state index in [9.17, 15) is 9.50 Å². The molecule has 0 bridgehead atoms. The zero-order valence-electron chi connectivity index (χ0n) is 10.9. The largest absolute Gasteiger partial charge is 0.507 e. The summed E-state index contributed by atoms with van der Waals surface area (Å²) in [4.78, 5) is 0. The molecule has 3 nitrogen and oxygen atoms in total. The van der Waals surface area contributed by atoms with Gasteiger partial charge in [-0.05, 0) is 31.2 Å². The molecule has 1 unspecified atom stereocenters. The van der Waals surface area contributed by atoms with Gasteiger partial charge in [-0.25, -0.2) is 4.39 Å². The Bertz CT molecular complexity index is 572. The summed E-state index contributed by atoms with van der Waals surface area (Å²) in [5.41, 5.74) is 1.09. The van der Waals surface area contributed by atoms with Crippen LogP contribution in [0.3, 0.4) is 0 Å². The SMILES string of the molecule is COc1ccc(C(C)Nc2ccccc2F)c(O)c1. The molecule has 0 fully saturated rings. The predicted octanol–water partition coefficient (Wildman–Crippen LogP) is 3.71. The molecule has 4 heteroatoms. The molecule has 0 amide bonds. The molecule has 0 radical (unpaired) electrons. The zero-order valence-corrected chi connectivity index (χ0v) is 10.9. The maximum atomic E-state index is 13.5. The van der Waals surface area contributed by atoms with Gasteiger partial charge in [0.1, 0.15) is 17.3 Å². The molecule has 100 valence electrons. The third kappa shape index (κ3) is 2.96. The summed E-state index contributed by atoms with van der Waals surface area (Å²) in [6.45, 7) is 1.86. The van der Waals surface area contributed by atoms with Crippen molar-refractivity contribution in [3.8, 4) is 11.5 Å². The fraction of sp³-hybridized carbons (Fsp3) is 0.200. The zero-order chi connectivity index (χ0) is 13.8. The van der Waals surface area contributed by atoms with Crippen molar-refractivity contribution in [2.75, 3.05) is 12.4 Å². The van der Waals surface area contributed by atoms with E-state index in [1.807, 2.05) is 6.92 Å². The number of phenols is 1. The number of hydrogen-bond acceptors (Lipinski definition) is 3. The molecule has 1 atom stereocenters. The van der Waals surface area contributed by atoms with Crippen molar-refractivity contribution in [3.63, 3.8) is 0 Å². The number of rotatable bonds is 4. The molecule has 2 aromatic rings. The molecule has 0 aliphatic heterocycles. The van der Waals surface area contributed by atoms with Crippen LogP contribution in [-0.2, 0) is 0 Å². The van der Waals surface area contributed by atoms with E-state index in [0.29, 0.717) is 17.0 Å². The maximum absolute atomic E-state index is 13.5. The summed E-state index contributed by atoms with van der Waals surface area (Å²) in [7, 11) is 1.54. The molecule has 0 aliphatic rings. The fourth-order valence-corrected chi connectivity index (χ4v) is 1.91. The van der Waals surface area contributed by atoms with Crippen LogP contribution in [0.15, 0.2) is 42.5 Å². The van der Waals surface area contributed by atoms with E-state index in [0.717, 1.165) is 0 Å². The highest BCUT2D eigenvalue weighted by atomic mass is 19.1. The Morgan fingerprint density at radius 2 is 1.95 bits per heavy atom. The van der Waals surface area contributed by atoms with Crippen molar-refractivity contribution >= 4 is 5.69 Å². The molecular weight excluding hydrogens is 245 g/mol. The van der Waals surface area contributed by atoms with Crippen molar-refractivity contribution in [3.05, 3.63) is 53.8 Å². The van der Waals surface area contributed by atoms with Crippen LogP contribution in [0.4, 0.5) is 10.1 Å². The average Bonchev–Trinajstić information content (AvgIpc) is 2.41. The predicted molar refractivity (Wildman–Crippen MR) is 73.1 cm³/mol. The van der Waals surface area contributed by atoms with Gasteiger partial charge in [0.15, 0.2) is 0 Å². The second-order valence-electron chi connectivity index (χ2n) is 4.27. The van der Waals surface area contributed by atoms with Crippen LogP contribution in [0.5, 0.6) is 11.5 Å². The van der Waals surface area contributed by atoms with Gasteiger partial charge in [-0.15, -0.1) is 0 Å². The minimum atomic E-state index is -0.317. The third-order valence-corrected chi connectivity index (χ3v) is 2.95. The lowest BCUT2D eigenvalue weighted by Crippen LogP contribution is -2.08. The van der Waals surface area contributed by atoms with Gasteiger partial charge < -0.3 is 15.2 Å². The second-order valence-corrected chi connectivity index (χ2v) is 4.27. The van der Waals surface area contributed by atoms with Gasteiger partial charge >= 0.3 is 0 Å². The van der Waals surface area contributed by atoms with Crippen LogP contribution in [0, 0.1) is 5.82 Å². The number of nitrogens with one attached hydrogen (secondary N) is 1. The van der Waals surface area contributed by atoms with Gasteiger partial charge in [0.05, 0.1) is 18.8 Å². The highest BCUT2D eigenvalue weighted by Crippen LogP contribution is 2.30.